The van der Waals surface area contributed by atoms with Crippen LogP contribution in [0, 0.1) is 0 Å². The molecule has 15 heavy (non-hydrogen) atoms. The summed E-state index contributed by atoms with van der Waals surface area (Å²) in [6.07, 6.45) is 0.788. The van der Waals surface area contributed by atoms with Crippen molar-refractivity contribution >= 4 is 16.9 Å². The minimum atomic E-state index is -1.02. The monoisotopic (exact) mass is 205 g/mol. The molecule has 1 aromatic carbocycles. The van der Waals surface area contributed by atoms with Crippen molar-refractivity contribution in [2.75, 3.05) is 0 Å². The largest absolute Gasteiger partial charge is 0.507 e. The van der Waals surface area contributed by atoms with Crippen molar-refractivity contribution in [2.24, 2.45) is 0 Å². The van der Waals surface area contributed by atoms with Crippen LogP contribution in [0.15, 0.2) is 18.2 Å². The van der Waals surface area contributed by atoms with Gasteiger partial charge < -0.3 is 15.2 Å². The van der Waals surface area contributed by atoms with Crippen LogP contribution in [0.2, 0.25) is 0 Å². The Morgan fingerprint density at radius 2 is 2.20 bits per heavy atom. The van der Waals surface area contributed by atoms with Gasteiger partial charge in [-0.1, -0.05) is 13.0 Å². The Bertz CT molecular complexity index is 528. The van der Waals surface area contributed by atoms with Gasteiger partial charge in [0.25, 0.3) is 0 Å². The van der Waals surface area contributed by atoms with E-state index in [2.05, 4.69) is 4.98 Å². The van der Waals surface area contributed by atoms with E-state index in [-0.39, 0.29) is 11.4 Å². The molecular formula is C11H11NO3. The topological polar surface area (TPSA) is 73.3 Å². The van der Waals surface area contributed by atoms with Crippen molar-refractivity contribution in [2.45, 2.75) is 13.3 Å². The molecule has 0 amide bonds. The Hall–Kier alpha value is -1.97. The number of carbonyl (C=O) groups is 1. The van der Waals surface area contributed by atoms with Gasteiger partial charge in [-0.25, -0.2) is 4.79 Å². The molecule has 2 aromatic rings. The quantitative estimate of drug-likeness (QED) is 0.703. The predicted molar refractivity (Wildman–Crippen MR) is 56.3 cm³/mol. The van der Waals surface area contributed by atoms with Crippen LogP contribution in [0.3, 0.4) is 0 Å². The third-order valence-corrected chi connectivity index (χ3v) is 2.47. The van der Waals surface area contributed by atoms with E-state index in [0.29, 0.717) is 10.9 Å². The van der Waals surface area contributed by atoms with Gasteiger partial charge in [-0.3, -0.25) is 0 Å². The fraction of sp³-hybridized carbons (Fsp3) is 0.182. The number of aromatic nitrogens is 1. The number of H-pyrrole nitrogens is 1. The van der Waals surface area contributed by atoms with Gasteiger partial charge in [-0.05, 0) is 24.1 Å². The molecule has 78 valence electrons. The average Bonchev–Trinajstić information content (AvgIpc) is 2.64. The summed E-state index contributed by atoms with van der Waals surface area (Å²) < 4.78 is 0. The number of carboxylic acids is 1. The van der Waals surface area contributed by atoms with E-state index in [4.69, 9.17) is 5.11 Å². The van der Waals surface area contributed by atoms with Gasteiger partial charge in [0.15, 0.2) is 0 Å². The van der Waals surface area contributed by atoms with E-state index in [9.17, 15) is 9.90 Å². The van der Waals surface area contributed by atoms with Crippen molar-refractivity contribution < 1.29 is 15.0 Å². The van der Waals surface area contributed by atoms with Crippen LogP contribution in [-0.4, -0.2) is 21.2 Å². The molecule has 0 saturated heterocycles. The van der Waals surface area contributed by atoms with Crippen LogP contribution >= 0.6 is 0 Å². The number of fused-ring (bicyclic) bond motifs is 1. The summed E-state index contributed by atoms with van der Waals surface area (Å²) in [4.78, 5) is 13.6. The number of nitrogens with one attached hydrogen (secondary N) is 1. The molecule has 0 aliphatic heterocycles. The number of aromatic carboxylic acids is 1. The van der Waals surface area contributed by atoms with Crippen molar-refractivity contribution in [1.29, 1.82) is 0 Å². The lowest BCUT2D eigenvalue weighted by Crippen LogP contribution is -1.95. The second kappa shape index (κ2) is 3.31. The molecule has 0 aliphatic rings. The van der Waals surface area contributed by atoms with Gasteiger partial charge in [-0.15, -0.1) is 0 Å². The average molecular weight is 205 g/mol. The normalized spacial score (nSPS) is 10.7. The smallest absolute Gasteiger partial charge is 0.352 e. The summed E-state index contributed by atoms with van der Waals surface area (Å²) >= 11 is 0. The van der Waals surface area contributed by atoms with Crippen LogP contribution in [0.1, 0.15) is 23.0 Å². The summed E-state index contributed by atoms with van der Waals surface area (Å²) in [5, 5.41) is 19.0. The van der Waals surface area contributed by atoms with Crippen LogP contribution in [0.4, 0.5) is 0 Å². The number of phenolic OH excluding ortho intramolecular Hbond substituents is 1. The summed E-state index contributed by atoms with van der Waals surface area (Å²) in [5.41, 5.74) is 1.80. The number of aryl methyl sites for hydroxylation is 1. The summed E-state index contributed by atoms with van der Waals surface area (Å²) in [6, 6.07) is 4.83. The molecule has 0 saturated carbocycles. The highest BCUT2D eigenvalue weighted by Crippen LogP contribution is 2.28. The number of hydrogen-bond donors (Lipinski definition) is 3. The Labute approximate surface area is 86.2 Å². The molecule has 4 heteroatoms. The molecule has 2 rings (SSSR count). The Morgan fingerprint density at radius 1 is 1.47 bits per heavy atom. The molecular weight excluding hydrogens is 194 g/mol. The highest BCUT2D eigenvalue weighted by molar-refractivity contribution is 5.97. The number of carboxylic acid groups (broad SMARTS) is 1. The maximum atomic E-state index is 10.8. The van der Waals surface area contributed by atoms with E-state index in [1.54, 1.807) is 12.1 Å². The number of rotatable bonds is 2. The Kier molecular flexibility index (Phi) is 2.11. The summed E-state index contributed by atoms with van der Waals surface area (Å²) in [7, 11) is 0. The molecule has 0 spiro atoms. The molecule has 4 nitrogen and oxygen atoms in total. The fourth-order valence-corrected chi connectivity index (χ4v) is 1.67. The van der Waals surface area contributed by atoms with Crippen LogP contribution in [0.5, 0.6) is 5.75 Å². The molecule has 0 bridgehead atoms. The lowest BCUT2D eigenvalue weighted by atomic mass is 10.1. The number of phenols is 1. The first kappa shape index (κ1) is 9.58. The van der Waals surface area contributed by atoms with Crippen molar-refractivity contribution in [3.05, 3.63) is 29.5 Å². The number of hydrogen-bond acceptors (Lipinski definition) is 2. The van der Waals surface area contributed by atoms with Crippen molar-refractivity contribution in [3.8, 4) is 5.75 Å². The minimum absolute atomic E-state index is 0.0983. The second-order valence-electron chi connectivity index (χ2n) is 3.37. The second-order valence-corrected chi connectivity index (χ2v) is 3.37. The zero-order valence-corrected chi connectivity index (χ0v) is 8.24. The first-order valence-corrected chi connectivity index (χ1v) is 4.70. The molecule has 0 radical (unpaired) electrons. The fourth-order valence-electron chi connectivity index (χ4n) is 1.67. The summed E-state index contributed by atoms with van der Waals surface area (Å²) in [6.45, 7) is 1.98. The standard InChI is InChI=1S/C11H11NO3/c1-2-6-3-4-9(13)7-5-8(11(14)15)12-10(6)7/h3-5,12-13H,2H2,1H3,(H,14,15). The maximum Gasteiger partial charge on any atom is 0.352 e. The van der Waals surface area contributed by atoms with Gasteiger partial charge in [-0.2, -0.15) is 0 Å². The molecule has 1 heterocycles. The zero-order valence-electron chi connectivity index (χ0n) is 8.24. The number of aromatic hydroxyl groups is 1. The van der Waals surface area contributed by atoms with Crippen LogP contribution in [0.25, 0.3) is 10.9 Å². The molecule has 1 aromatic heterocycles. The SMILES string of the molecule is CCc1ccc(O)c2cc(C(=O)O)[nH]c12. The third kappa shape index (κ3) is 1.44. The lowest BCUT2D eigenvalue weighted by Gasteiger charge is -2.00. The lowest BCUT2D eigenvalue weighted by molar-refractivity contribution is 0.0691. The Balaban J connectivity index is 2.77. The number of aromatic amines is 1. The highest BCUT2D eigenvalue weighted by Gasteiger charge is 2.12. The van der Waals surface area contributed by atoms with Crippen LogP contribution < -0.4 is 0 Å². The van der Waals surface area contributed by atoms with Gasteiger partial charge >= 0.3 is 5.97 Å². The molecule has 0 fully saturated rings. The maximum absolute atomic E-state index is 10.8. The van der Waals surface area contributed by atoms with E-state index in [1.807, 2.05) is 6.92 Å². The van der Waals surface area contributed by atoms with E-state index in [0.717, 1.165) is 12.0 Å². The molecule has 0 aliphatic carbocycles. The van der Waals surface area contributed by atoms with Crippen LogP contribution in [-0.2, 0) is 6.42 Å². The molecule has 0 atom stereocenters. The van der Waals surface area contributed by atoms with Crippen molar-refractivity contribution in [3.63, 3.8) is 0 Å². The minimum Gasteiger partial charge on any atom is -0.507 e. The van der Waals surface area contributed by atoms with Gasteiger partial charge in [0.05, 0.1) is 5.52 Å². The Morgan fingerprint density at radius 3 is 2.80 bits per heavy atom. The first-order chi connectivity index (χ1) is 7.13. The molecule has 3 N–H and O–H groups in total. The first-order valence-electron chi connectivity index (χ1n) is 4.70. The van der Waals surface area contributed by atoms with Gasteiger partial charge in [0.1, 0.15) is 11.4 Å². The van der Waals surface area contributed by atoms with Gasteiger partial charge in [0.2, 0.25) is 0 Å². The zero-order chi connectivity index (χ0) is 11.0. The van der Waals surface area contributed by atoms with Crippen molar-refractivity contribution in [1.82, 2.24) is 4.98 Å². The van der Waals surface area contributed by atoms with E-state index < -0.39 is 5.97 Å². The predicted octanol–water partition coefficient (Wildman–Crippen LogP) is 2.13. The van der Waals surface area contributed by atoms with E-state index >= 15 is 0 Å². The number of benzene rings is 1. The molecule has 0 unspecified atom stereocenters. The summed E-state index contributed by atoms with van der Waals surface area (Å²) in [5.74, 6) is -0.918. The third-order valence-electron chi connectivity index (χ3n) is 2.47. The highest BCUT2D eigenvalue weighted by atomic mass is 16.4. The van der Waals surface area contributed by atoms with E-state index in [1.165, 1.54) is 6.07 Å². The van der Waals surface area contributed by atoms with Gasteiger partial charge in [0, 0.05) is 5.39 Å².